The summed E-state index contributed by atoms with van der Waals surface area (Å²) in [5, 5.41) is 3.78. The second-order valence-corrected chi connectivity index (χ2v) is 7.49. The number of likely N-dealkylation sites (tertiary alicyclic amines) is 2. The SMILES string of the molecule is Cc1noc(C2CC(=O)N(C3CN(C(=O)C#CC(C)(C)C)C3)C2)n1. The summed E-state index contributed by atoms with van der Waals surface area (Å²) in [6, 6.07) is 0.0619. The lowest BCUT2D eigenvalue weighted by Crippen LogP contribution is -2.61. The normalized spacial score (nSPS) is 21.5. The van der Waals surface area contributed by atoms with Crippen LogP contribution in [0.3, 0.4) is 0 Å². The van der Waals surface area contributed by atoms with Crippen LogP contribution in [-0.4, -0.2) is 57.4 Å². The molecule has 2 saturated heterocycles. The van der Waals surface area contributed by atoms with Gasteiger partial charge in [0.25, 0.3) is 5.91 Å². The molecule has 1 unspecified atom stereocenters. The number of rotatable bonds is 2. The van der Waals surface area contributed by atoms with Crippen LogP contribution in [0, 0.1) is 24.2 Å². The fourth-order valence-electron chi connectivity index (χ4n) is 2.87. The van der Waals surface area contributed by atoms with Gasteiger partial charge in [-0.05, 0) is 33.6 Å². The Hall–Kier alpha value is -2.36. The number of aryl methyl sites for hydroxylation is 1. The van der Waals surface area contributed by atoms with Crippen molar-refractivity contribution in [3.63, 3.8) is 0 Å². The van der Waals surface area contributed by atoms with Crippen molar-refractivity contribution in [2.75, 3.05) is 19.6 Å². The molecule has 7 heteroatoms. The standard InChI is InChI=1S/C17H22N4O3/c1-11-18-16(24-19-11)12-7-15(23)21(8-12)13-9-20(10-13)14(22)5-6-17(2,3)4/h12-13H,7-10H2,1-4H3. The van der Waals surface area contributed by atoms with E-state index in [-0.39, 0.29) is 29.2 Å². The van der Waals surface area contributed by atoms with Gasteiger partial charge in [-0.15, -0.1) is 0 Å². The average molecular weight is 330 g/mol. The highest BCUT2D eigenvalue weighted by Gasteiger charge is 2.43. The summed E-state index contributed by atoms with van der Waals surface area (Å²) >= 11 is 0. The van der Waals surface area contributed by atoms with Crippen LogP contribution < -0.4 is 0 Å². The lowest BCUT2D eigenvalue weighted by molar-refractivity contribution is -0.140. The minimum Gasteiger partial charge on any atom is -0.339 e. The summed E-state index contributed by atoms with van der Waals surface area (Å²) in [6.07, 6.45) is 0.385. The highest BCUT2D eigenvalue weighted by Crippen LogP contribution is 2.30. The zero-order chi connectivity index (χ0) is 17.5. The van der Waals surface area contributed by atoms with Gasteiger partial charge in [-0.1, -0.05) is 11.1 Å². The summed E-state index contributed by atoms with van der Waals surface area (Å²) in [7, 11) is 0. The van der Waals surface area contributed by atoms with Crippen molar-refractivity contribution in [3.8, 4) is 11.8 Å². The van der Waals surface area contributed by atoms with Crippen LogP contribution in [0.1, 0.15) is 44.8 Å². The number of amides is 2. The summed E-state index contributed by atoms with van der Waals surface area (Å²) in [5.41, 5.74) is -0.194. The summed E-state index contributed by atoms with van der Waals surface area (Å²) < 4.78 is 5.18. The zero-order valence-electron chi connectivity index (χ0n) is 14.5. The molecule has 3 heterocycles. The van der Waals surface area contributed by atoms with E-state index in [0.717, 1.165) is 0 Å². The Balaban J connectivity index is 1.55. The van der Waals surface area contributed by atoms with Crippen molar-refractivity contribution in [2.24, 2.45) is 5.41 Å². The van der Waals surface area contributed by atoms with E-state index in [0.29, 0.717) is 37.8 Å². The summed E-state index contributed by atoms with van der Waals surface area (Å²) in [4.78, 5) is 32.0. The van der Waals surface area contributed by atoms with Crippen molar-refractivity contribution in [1.29, 1.82) is 0 Å². The van der Waals surface area contributed by atoms with Gasteiger partial charge in [0, 0.05) is 31.5 Å². The number of nitrogens with zero attached hydrogens (tertiary/aromatic N) is 4. The van der Waals surface area contributed by atoms with E-state index in [4.69, 9.17) is 4.52 Å². The highest BCUT2D eigenvalue weighted by molar-refractivity contribution is 5.94. The van der Waals surface area contributed by atoms with Crippen LogP contribution in [0.25, 0.3) is 0 Å². The molecular weight excluding hydrogens is 308 g/mol. The fourth-order valence-corrected chi connectivity index (χ4v) is 2.87. The minimum atomic E-state index is -0.194. The maximum absolute atomic E-state index is 12.2. The first-order chi connectivity index (χ1) is 11.2. The second-order valence-electron chi connectivity index (χ2n) is 7.49. The van der Waals surface area contributed by atoms with E-state index < -0.39 is 0 Å². The topological polar surface area (TPSA) is 79.5 Å². The summed E-state index contributed by atoms with van der Waals surface area (Å²) in [6.45, 7) is 9.31. The van der Waals surface area contributed by atoms with Gasteiger partial charge in [-0.2, -0.15) is 4.98 Å². The monoisotopic (exact) mass is 330 g/mol. The van der Waals surface area contributed by atoms with E-state index in [2.05, 4.69) is 22.0 Å². The van der Waals surface area contributed by atoms with Crippen LogP contribution in [0.15, 0.2) is 4.52 Å². The van der Waals surface area contributed by atoms with Gasteiger partial charge in [-0.25, -0.2) is 0 Å². The number of carbonyl (C=O) groups is 2. The average Bonchev–Trinajstić information content (AvgIpc) is 3.01. The Bertz CT molecular complexity index is 716. The van der Waals surface area contributed by atoms with Gasteiger partial charge in [0.05, 0.1) is 12.0 Å². The molecule has 0 saturated carbocycles. The Kier molecular flexibility index (Phi) is 4.08. The molecule has 24 heavy (non-hydrogen) atoms. The molecule has 2 aliphatic heterocycles. The van der Waals surface area contributed by atoms with Crippen LogP contribution in [-0.2, 0) is 9.59 Å². The zero-order valence-corrected chi connectivity index (χ0v) is 14.5. The molecule has 0 aromatic carbocycles. The Morgan fingerprint density at radius 1 is 1.29 bits per heavy atom. The van der Waals surface area contributed by atoms with Crippen molar-refractivity contribution in [2.45, 2.75) is 46.1 Å². The lowest BCUT2D eigenvalue weighted by Gasteiger charge is -2.43. The van der Waals surface area contributed by atoms with Crippen LogP contribution >= 0.6 is 0 Å². The van der Waals surface area contributed by atoms with Gasteiger partial charge in [0.2, 0.25) is 11.8 Å². The van der Waals surface area contributed by atoms with E-state index in [1.807, 2.05) is 25.7 Å². The minimum absolute atomic E-state index is 0.0517. The predicted molar refractivity (Wildman–Crippen MR) is 85.7 cm³/mol. The first kappa shape index (κ1) is 16.5. The van der Waals surface area contributed by atoms with Gasteiger partial charge < -0.3 is 14.3 Å². The number of hydrogen-bond donors (Lipinski definition) is 0. The fraction of sp³-hybridized carbons (Fsp3) is 0.647. The molecule has 1 aromatic heterocycles. The number of hydrogen-bond acceptors (Lipinski definition) is 5. The number of aromatic nitrogens is 2. The van der Waals surface area contributed by atoms with E-state index in [1.165, 1.54) is 0 Å². The quantitative estimate of drug-likeness (QED) is 0.755. The molecule has 2 amide bonds. The second kappa shape index (κ2) is 5.93. The Morgan fingerprint density at radius 3 is 2.58 bits per heavy atom. The van der Waals surface area contributed by atoms with Crippen molar-refractivity contribution in [3.05, 3.63) is 11.7 Å². The van der Waals surface area contributed by atoms with Crippen LogP contribution in [0.2, 0.25) is 0 Å². The van der Waals surface area contributed by atoms with Crippen LogP contribution in [0.4, 0.5) is 0 Å². The first-order valence-electron chi connectivity index (χ1n) is 8.15. The predicted octanol–water partition coefficient (Wildman–Crippen LogP) is 0.954. The highest BCUT2D eigenvalue weighted by atomic mass is 16.5. The molecule has 0 N–H and O–H groups in total. The first-order valence-corrected chi connectivity index (χ1v) is 8.15. The third-order valence-corrected chi connectivity index (χ3v) is 4.19. The van der Waals surface area contributed by atoms with Gasteiger partial charge >= 0.3 is 0 Å². The molecule has 2 fully saturated rings. The third-order valence-electron chi connectivity index (χ3n) is 4.19. The van der Waals surface area contributed by atoms with Crippen molar-refractivity contribution in [1.82, 2.24) is 19.9 Å². The maximum Gasteiger partial charge on any atom is 0.298 e. The molecule has 0 radical (unpaired) electrons. The molecule has 2 aliphatic rings. The molecule has 0 aliphatic carbocycles. The largest absolute Gasteiger partial charge is 0.339 e. The molecule has 3 rings (SSSR count). The Labute approximate surface area is 141 Å². The van der Waals surface area contributed by atoms with E-state index in [1.54, 1.807) is 11.8 Å². The number of carbonyl (C=O) groups excluding carboxylic acids is 2. The molecule has 0 bridgehead atoms. The van der Waals surface area contributed by atoms with E-state index >= 15 is 0 Å². The van der Waals surface area contributed by atoms with Gasteiger partial charge in [0.1, 0.15) is 0 Å². The van der Waals surface area contributed by atoms with Gasteiger partial charge in [0.15, 0.2) is 5.82 Å². The molecule has 7 nitrogen and oxygen atoms in total. The Morgan fingerprint density at radius 2 is 2.00 bits per heavy atom. The van der Waals surface area contributed by atoms with Crippen molar-refractivity contribution < 1.29 is 14.1 Å². The maximum atomic E-state index is 12.2. The molecule has 128 valence electrons. The molecule has 1 atom stereocenters. The van der Waals surface area contributed by atoms with Crippen LogP contribution in [0.5, 0.6) is 0 Å². The third kappa shape index (κ3) is 3.42. The summed E-state index contributed by atoms with van der Waals surface area (Å²) in [5.74, 6) is 6.58. The van der Waals surface area contributed by atoms with Crippen molar-refractivity contribution >= 4 is 11.8 Å². The van der Waals surface area contributed by atoms with E-state index in [9.17, 15) is 9.59 Å². The van der Waals surface area contributed by atoms with Gasteiger partial charge in [-0.3, -0.25) is 9.59 Å². The molecule has 0 spiro atoms. The molecule has 1 aromatic rings. The lowest BCUT2D eigenvalue weighted by atomic mass is 9.98. The smallest absolute Gasteiger partial charge is 0.298 e. The molecular formula is C17H22N4O3.